The summed E-state index contributed by atoms with van der Waals surface area (Å²) >= 11 is 0. The highest BCUT2D eigenvalue weighted by atomic mass is 16.5. The topological polar surface area (TPSA) is 24.5 Å². The van der Waals surface area contributed by atoms with Crippen molar-refractivity contribution in [3.05, 3.63) is 35.4 Å². The summed E-state index contributed by atoms with van der Waals surface area (Å²) in [5.41, 5.74) is 2.84. The first-order chi connectivity index (χ1) is 9.34. The number of rotatable bonds is 2. The van der Waals surface area contributed by atoms with Gasteiger partial charge in [-0.25, -0.2) is 0 Å². The molecular formula is C16H24N2O. The number of benzene rings is 1. The highest BCUT2D eigenvalue weighted by Gasteiger charge is 2.28. The number of piperazine rings is 1. The molecule has 19 heavy (non-hydrogen) atoms. The van der Waals surface area contributed by atoms with Crippen LogP contribution in [0.5, 0.6) is 0 Å². The van der Waals surface area contributed by atoms with E-state index < -0.39 is 0 Å². The van der Waals surface area contributed by atoms with Crippen LogP contribution in [0.15, 0.2) is 24.3 Å². The maximum Gasteiger partial charge on any atom is 0.0621 e. The molecule has 104 valence electrons. The maximum absolute atomic E-state index is 5.64. The van der Waals surface area contributed by atoms with E-state index in [0.717, 1.165) is 32.8 Å². The number of hydrogen-bond donors (Lipinski definition) is 1. The highest BCUT2D eigenvalue weighted by molar-refractivity contribution is 5.29. The Labute approximate surface area is 115 Å². The Kier molecular flexibility index (Phi) is 4.16. The molecule has 0 saturated carbocycles. The summed E-state index contributed by atoms with van der Waals surface area (Å²) in [6.07, 6.45) is 2.50. The molecule has 3 nitrogen and oxygen atoms in total. The molecule has 3 rings (SSSR count). The second-order valence-electron chi connectivity index (χ2n) is 5.73. The van der Waals surface area contributed by atoms with Crippen LogP contribution in [0.3, 0.4) is 0 Å². The summed E-state index contributed by atoms with van der Waals surface area (Å²) in [6.45, 7) is 7.41. The van der Waals surface area contributed by atoms with Crippen molar-refractivity contribution in [1.82, 2.24) is 10.2 Å². The van der Waals surface area contributed by atoms with Crippen molar-refractivity contribution in [3.63, 3.8) is 0 Å². The molecule has 2 aliphatic rings. The summed E-state index contributed by atoms with van der Waals surface area (Å²) in [4.78, 5) is 2.62. The van der Waals surface area contributed by atoms with Gasteiger partial charge in [-0.2, -0.15) is 0 Å². The summed E-state index contributed by atoms with van der Waals surface area (Å²) in [7, 11) is 0. The van der Waals surface area contributed by atoms with Gasteiger partial charge in [-0.3, -0.25) is 4.90 Å². The SMILES string of the molecule is Cc1ccccc1[C@@H]1CN([C@H]2CCCOC2)CCN1. The minimum absolute atomic E-state index is 0.469. The number of ether oxygens (including phenoxy) is 1. The predicted molar refractivity (Wildman–Crippen MR) is 77.3 cm³/mol. The standard InChI is InChI=1S/C16H24N2O/c1-13-5-2-3-7-15(13)16-11-18(9-8-17-16)14-6-4-10-19-12-14/h2-3,5,7,14,16-17H,4,6,8-12H2,1H3/t14-,16-/m0/s1. The summed E-state index contributed by atoms with van der Waals surface area (Å²) in [6, 6.07) is 9.83. The van der Waals surface area contributed by atoms with E-state index in [1.807, 2.05) is 0 Å². The first kappa shape index (κ1) is 13.1. The molecule has 0 unspecified atom stereocenters. The third kappa shape index (κ3) is 2.99. The van der Waals surface area contributed by atoms with Crippen molar-refractivity contribution >= 4 is 0 Å². The van der Waals surface area contributed by atoms with E-state index in [0.29, 0.717) is 12.1 Å². The molecule has 1 aromatic carbocycles. The van der Waals surface area contributed by atoms with E-state index >= 15 is 0 Å². The Morgan fingerprint density at radius 1 is 1.32 bits per heavy atom. The van der Waals surface area contributed by atoms with E-state index in [1.54, 1.807) is 0 Å². The fourth-order valence-electron chi connectivity index (χ4n) is 3.30. The second-order valence-corrected chi connectivity index (χ2v) is 5.73. The Bertz CT molecular complexity index is 415. The average Bonchev–Trinajstić information content (AvgIpc) is 2.49. The molecule has 0 radical (unpaired) electrons. The molecule has 0 spiro atoms. The number of aryl methyl sites for hydroxylation is 1. The van der Waals surface area contributed by atoms with Crippen molar-refractivity contribution in [2.75, 3.05) is 32.8 Å². The summed E-state index contributed by atoms with van der Waals surface area (Å²) < 4.78 is 5.64. The van der Waals surface area contributed by atoms with Crippen LogP contribution in [0.4, 0.5) is 0 Å². The number of nitrogens with one attached hydrogen (secondary N) is 1. The summed E-state index contributed by atoms with van der Waals surface area (Å²) in [5, 5.41) is 3.66. The molecule has 2 saturated heterocycles. The Morgan fingerprint density at radius 2 is 2.21 bits per heavy atom. The van der Waals surface area contributed by atoms with E-state index in [9.17, 15) is 0 Å². The molecule has 1 N–H and O–H groups in total. The van der Waals surface area contributed by atoms with Gasteiger partial charge < -0.3 is 10.1 Å². The quantitative estimate of drug-likeness (QED) is 0.881. The lowest BCUT2D eigenvalue weighted by Crippen LogP contribution is -2.52. The Hall–Kier alpha value is -0.900. The normalized spacial score (nSPS) is 29.3. The van der Waals surface area contributed by atoms with Crippen LogP contribution in [-0.4, -0.2) is 43.8 Å². The molecule has 3 heteroatoms. The van der Waals surface area contributed by atoms with Crippen LogP contribution in [0.2, 0.25) is 0 Å². The maximum atomic E-state index is 5.64. The van der Waals surface area contributed by atoms with Crippen molar-refractivity contribution in [3.8, 4) is 0 Å². The van der Waals surface area contributed by atoms with Crippen LogP contribution >= 0.6 is 0 Å². The molecule has 0 bridgehead atoms. The van der Waals surface area contributed by atoms with Gasteiger partial charge in [0.2, 0.25) is 0 Å². The molecule has 2 atom stereocenters. The van der Waals surface area contributed by atoms with E-state index in [4.69, 9.17) is 4.74 Å². The minimum Gasteiger partial charge on any atom is -0.380 e. The molecule has 0 aliphatic carbocycles. The largest absolute Gasteiger partial charge is 0.380 e. The van der Waals surface area contributed by atoms with Gasteiger partial charge in [0, 0.05) is 38.3 Å². The lowest BCUT2D eigenvalue weighted by atomic mass is 9.98. The molecule has 2 aliphatic heterocycles. The van der Waals surface area contributed by atoms with E-state index in [-0.39, 0.29) is 0 Å². The van der Waals surface area contributed by atoms with Crippen molar-refractivity contribution < 1.29 is 4.74 Å². The minimum atomic E-state index is 0.469. The third-order valence-corrected chi connectivity index (χ3v) is 4.42. The first-order valence-corrected chi connectivity index (χ1v) is 7.45. The second kappa shape index (κ2) is 6.04. The molecule has 0 amide bonds. The summed E-state index contributed by atoms with van der Waals surface area (Å²) in [5.74, 6) is 0. The van der Waals surface area contributed by atoms with Crippen molar-refractivity contribution in [2.45, 2.75) is 31.8 Å². The van der Waals surface area contributed by atoms with Crippen LogP contribution in [-0.2, 0) is 4.74 Å². The first-order valence-electron chi connectivity index (χ1n) is 7.45. The van der Waals surface area contributed by atoms with Gasteiger partial charge in [-0.05, 0) is 30.9 Å². The van der Waals surface area contributed by atoms with Crippen LogP contribution in [0.25, 0.3) is 0 Å². The predicted octanol–water partition coefficient (Wildman–Crippen LogP) is 2.12. The van der Waals surface area contributed by atoms with Crippen molar-refractivity contribution in [1.29, 1.82) is 0 Å². The molecule has 0 aromatic heterocycles. The monoisotopic (exact) mass is 260 g/mol. The smallest absolute Gasteiger partial charge is 0.0621 e. The van der Waals surface area contributed by atoms with Gasteiger partial charge in [0.1, 0.15) is 0 Å². The Morgan fingerprint density at radius 3 is 3.00 bits per heavy atom. The zero-order chi connectivity index (χ0) is 13.1. The fraction of sp³-hybridized carbons (Fsp3) is 0.625. The van der Waals surface area contributed by atoms with Gasteiger partial charge in [-0.1, -0.05) is 24.3 Å². The van der Waals surface area contributed by atoms with Crippen molar-refractivity contribution in [2.24, 2.45) is 0 Å². The van der Waals surface area contributed by atoms with E-state index in [2.05, 4.69) is 41.4 Å². The molecule has 2 fully saturated rings. The van der Waals surface area contributed by atoms with Crippen LogP contribution < -0.4 is 5.32 Å². The van der Waals surface area contributed by atoms with Crippen LogP contribution in [0, 0.1) is 6.92 Å². The Balaban J connectivity index is 1.69. The molecule has 1 aromatic rings. The van der Waals surface area contributed by atoms with Gasteiger partial charge >= 0.3 is 0 Å². The van der Waals surface area contributed by atoms with Gasteiger partial charge in [0.15, 0.2) is 0 Å². The highest BCUT2D eigenvalue weighted by Crippen LogP contribution is 2.23. The van der Waals surface area contributed by atoms with Crippen LogP contribution in [0.1, 0.15) is 30.0 Å². The van der Waals surface area contributed by atoms with Gasteiger partial charge in [0.05, 0.1) is 6.61 Å². The number of hydrogen-bond acceptors (Lipinski definition) is 3. The number of nitrogens with zero attached hydrogens (tertiary/aromatic N) is 1. The zero-order valence-electron chi connectivity index (χ0n) is 11.8. The average molecular weight is 260 g/mol. The zero-order valence-corrected chi connectivity index (χ0v) is 11.8. The molecule has 2 heterocycles. The third-order valence-electron chi connectivity index (χ3n) is 4.42. The van der Waals surface area contributed by atoms with Gasteiger partial charge in [0.25, 0.3) is 0 Å². The van der Waals surface area contributed by atoms with Gasteiger partial charge in [-0.15, -0.1) is 0 Å². The molecular weight excluding hydrogens is 236 g/mol. The van der Waals surface area contributed by atoms with E-state index in [1.165, 1.54) is 24.0 Å². The lowest BCUT2D eigenvalue weighted by molar-refractivity contribution is 0.00712. The fourth-order valence-corrected chi connectivity index (χ4v) is 3.30. The lowest BCUT2D eigenvalue weighted by Gasteiger charge is -2.40.